The van der Waals surface area contributed by atoms with Crippen molar-refractivity contribution in [1.29, 1.82) is 0 Å². The molecular weight excluding hydrogens is 415 g/mol. The van der Waals surface area contributed by atoms with Crippen molar-refractivity contribution in [2.45, 2.75) is 25.9 Å². The van der Waals surface area contributed by atoms with E-state index in [9.17, 15) is 8.42 Å². The molecule has 0 spiro atoms. The number of sulfonamides is 1. The first-order valence-corrected chi connectivity index (χ1v) is 8.81. The summed E-state index contributed by atoms with van der Waals surface area (Å²) in [6, 6.07) is 7.80. The summed E-state index contributed by atoms with van der Waals surface area (Å²) in [4.78, 5) is 4.18. The third-order valence-corrected chi connectivity index (χ3v) is 4.00. The van der Waals surface area contributed by atoms with Crippen LogP contribution in [-0.4, -0.2) is 33.7 Å². The van der Waals surface area contributed by atoms with Gasteiger partial charge in [-0.3, -0.25) is 9.71 Å². The Kier molecular flexibility index (Phi) is 6.92. The molecule has 124 valence electrons. The highest BCUT2D eigenvalue weighted by molar-refractivity contribution is 14.0. The standard InChI is InChI=1S/C14H22N4O2S.HI/c1-10-8-13(10)17-14(15-2)16-9-11-6-4-5-7-12(11)18-21(3,19)20;/h4-7,10,13,18H,8-9H2,1-3H3,(H2,15,16,17);1H. The van der Waals surface area contributed by atoms with Gasteiger partial charge in [0.2, 0.25) is 10.0 Å². The van der Waals surface area contributed by atoms with E-state index in [0.29, 0.717) is 24.2 Å². The molecule has 2 unspecified atom stereocenters. The molecule has 3 N–H and O–H groups in total. The van der Waals surface area contributed by atoms with Crippen molar-refractivity contribution >= 4 is 45.6 Å². The first kappa shape index (κ1) is 19.0. The normalized spacial score (nSPS) is 20.8. The number of para-hydroxylation sites is 1. The Bertz CT molecular complexity index is 633. The van der Waals surface area contributed by atoms with Gasteiger partial charge in [0.25, 0.3) is 0 Å². The van der Waals surface area contributed by atoms with Gasteiger partial charge in [0.05, 0.1) is 11.9 Å². The van der Waals surface area contributed by atoms with Crippen LogP contribution in [-0.2, 0) is 16.6 Å². The monoisotopic (exact) mass is 438 g/mol. The molecule has 0 radical (unpaired) electrons. The Balaban J connectivity index is 0.00000242. The molecule has 0 amide bonds. The maximum atomic E-state index is 11.4. The van der Waals surface area contributed by atoms with Gasteiger partial charge in [-0.25, -0.2) is 8.42 Å². The zero-order valence-electron chi connectivity index (χ0n) is 13.0. The summed E-state index contributed by atoms with van der Waals surface area (Å²) < 4.78 is 25.3. The number of anilines is 1. The summed E-state index contributed by atoms with van der Waals surface area (Å²) in [6.07, 6.45) is 2.30. The second kappa shape index (κ2) is 8.00. The van der Waals surface area contributed by atoms with Crippen LogP contribution in [0.25, 0.3) is 0 Å². The van der Waals surface area contributed by atoms with E-state index in [0.717, 1.165) is 24.2 Å². The minimum absolute atomic E-state index is 0. The fourth-order valence-electron chi connectivity index (χ4n) is 2.05. The topological polar surface area (TPSA) is 82.6 Å². The predicted octanol–water partition coefficient (Wildman–Crippen LogP) is 1.75. The molecule has 0 aliphatic heterocycles. The molecule has 1 aromatic rings. The minimum atomic E-state index is -3.28. The Hall–Kier alpha value is -1.03. The fourth-order valence-corrected chi connectivity index (χ4v) is 2.64. The fraction of sp³-hybridized carbons (Fsp3) is 0.500. The molecule has 1 aliphatic carbocycles. The van der Waals surface area contributed by atoms with Crippen LogP contribution in [0.5, 0.6) is 0 Å². The number of hydrogen-bond acceptors (Lipinski definition) is 3. The van der Waals surface area contributed by atoms with E-state index in [2.05, 4.69) is 27.3 Å². The highest BCUT2D eigenvalue weighted by atomic mass is 127. The van der Waals surface area contributed by atoms with Gasteiger partial charge in [-0.05, 0) is 24.0 Å². The number of benzene rings is 1. The van der Waals surface area contributed by atoms with Gasteiger partial charge in [-0.2, -0.15) is 0 Å². The highest BCUT2D eigenvalue weighted by Gasteiger charge is 2.33. The van der Waals surface area contributed by atoms with Crippen LogP contribution in [0.4, 0.5) is 5.69 Å². The van der Waals surface area contributed by atoms with Crippen molar-refractivity contribution in [3.8, 4) is 0 Å². The van der Waals surface area contributed by atoms with Crippen molar-refractivity contribution in [3.05, 3.63) is 29.8 Å². The van der Waals surface area contributed by atoms with Crippen molar-refractivity contribution in [2.75, 3.05) is 18.0 Å². The number of nitrogens with one attached hydrogen (secondary N) is 3. The molecule has 0 aromatic heterocycles. The van der Waals surface area contributed by atoms with Gasteiger partial charge in [0.1, 0.15) is 0 Å². The summed E-state index contributed by atoms with van der Waals surface area (Å²) >= 11 is 0. The molecule has 0 saturated heterocycles. The lowest BCUT2D eigenvalue weighted by molar-refractivity contribution is 0.606. The van der Waals surface area contributed by atoms with Crippen LogP contribution in [0, 0.1) is 5.92 Å². The summed E-state index contributed by atoms with van der Waals surface area (Å²) in [7, 11) is -1.56. The van der Waals surface area contributed by atoms with Gasteiger partial charge >= 0.3 is 0 Å². The molecule has 1 fully saturated rings. The van der Waals surface area contributed by atoms with E-state index in [1.807, 2.05) is 12.1 Å². The maximum Gasteiger partial charge on any atom is 0.229 e. The lowest BCUT2D eigenvalue weighted by Gasteiger charge is -2.14. The van der Waals surface area contributed by atoms with E-state index in [-0.39, 0.29) is 24.0 Å². The Labute approximate surface area is 149 Å². The van der Waals surface area contributed by atoms with E-state index < -0.39 is 10.0 Å². The Morgan fingerprint density at radius 1 is 1.36 bits per heavy atom. The van der Waals surface area contributed by atoms with E-state index in [4.69, 9.17) is 0 Å². The van der Waals surface area contributed by atoms with Crippen LogP contribution < -0.4 is 15.4 Å². The first-order chi connectivity index (χ1) is 9.89. The number of guanidine groups is 1. The second-order valence-electron chi connectivity index (χ2n) is 5.42. The molecule has 1 aliphatic rings. The number of nitrogens with zero attached hydrogens (tertiary/aromatic N) is 1. The number of rotatable bonds is 5. The average molecular weight is 438 g/mol. The summed E-state index contributed by atoms with van der Waals surface area (Å²) in [6.45, 7) is 2.69. The van der Waals surface area contributed by atoms with E-state index in [1.54, 1.807) is 19.2 Å². The van der Waals surface area contributed by atoms with Gasteiger partial charge in [-0.1, -0.05) is 25.1 Å². The average Bonchev–Trinajstić information content (AvgIpc) is 3.09. The summed E-state index contributed by atoms with van der Waals surface area (Å²) in [5, 5.41) is 6.54. The number of aliphatic imine (C=N–C) groups is 1. The van der Waals surface area contributed by atoms with Crippen molar-refractivity contribution < 1.29 is 8.42 Å². The number of hydrogen-bond donors (Lipinski definition) is 3. The van der Waals surface area contributed by atoms with Gasteiger partial charge < -0.3 is 10.6 Å². The summed E-state index contributed by atoms with van der Waals surface area (Å²) in [5.41, 5.74) is 1.46. The predicted molar refractivity (Wildman–Crippen MR) is 101 cm³/mol. The maximum absolute atomic E-state index is 11.4. The third kappa shape index (κ3) is 5.99. The summed E-state index contributed by atoms with van der Waals surface area (Å²) in [5.74, 6) is 1.42. The van der Waals surface area contributed by atoms with Crippen molar-refractivity contribution in [1.82, 2.24) is 10.6 Å². The highest BCUT2D eigenvalue weighted by Crippen LogP contribution is 2.28. The smallest absolute Gasteiger partial charge is 0.229 e. The molecule has 2 atom stereocenters. The molecule has 1 saturated carbocycles. The zero-order chi connectivity index (χ0) is 15.5. The molecule has 1 aromatic carbocycles. The Morgan fingerprint density at radius 2 is 2.00 bits per heavy atom. The van der Waals surface area contributed by atoms with Crippen molar-refractivity contribution in [2.24, 2.45) is 10.9 Å². The molecule has 22 heavy (non-hydrogen) atoms. The van der Waals surface area contributed by atoms with Gasteiger partial charge in [0, 0.05) is 19.6 Å². The lowest BCUT2D eigenvalue weighted by Crippen LogP contribution is -2.38. The second-order valence-corrected chi connectivity index (χ2v) is 7.17. The molecule has 0 bridgehead atoms. The molecule has 8 heteroatoms. The molecule has 2 rings (SSSR count). The Morgan fingerprint density at radius 3 is 2.55 bits per heavy atom. The van der Waals surface area contributed by atoms with Crippen LogP contribution in [0.2, 0.25) is 0 Å². The zero-order valence-corrected chi connectivity index (χ0v) is 16.1. The SMILES string of the molecule is CN=C(NCc1ccccc1NS(C)(=O)=O)NC1CC1C.I. The lowest BCUT2D eigenvalue weighted by atomic mass is 10.2. The van der Waals surface area contributed by atoms with Crippen molar-refractivity contribution in [3.63, 3.8) is 0 Å². The van der Waals surface area contributed by atoms with Crippen LogP contribution in [0.3, 0.4) is 0 Å². The first-order valence-electron chi connectivity index (χ1n) is 6.92. The minimum Gasteiger partial charge on any atom is -0.353 e. The largest absolute Gasteiger partial charge is 0.353 e. The third-order valence-electron chi connectivity index (χ3n) is 3.41. The van der Waals surface area contributed by atoms with Crippen LogP contribution in [0.15, 0.2) is 29.3 Å². The van der Waals surface area contributed by atoms with E-state index >= 15 is 0 Å². The number of halogens is 1. The van der Waals surface area contributed by atoms with Crippen LogP contribution in [0.1, 0.15) is 18.9 Å². The quantitative estimate of drug-likeness (QED) is 0.372. The van der Waals surface area contributed by atoms with Gasteiger partial charge in [0.15, 0.2) is 5.96 Å². The molecule has 6 nitrogen and oxygen atoms in total. The van der Waals surface area contributed by atoms with Crippen LogP contribution >= 0.6 is 24.0 Å². The molecule has 0 heterocycles. The van der Waals surface area contributed by atoms with E-state index in [1.165, 1.54) is 0 Å². The molecular formula is C14H23IN4O2S. The van der Waals surface area contributed by atoms with Gasteiger partial charge in [-0.15, -0.1) is 24.0 Å².